The van der Waals surface area contributed by atoms with Crippen LogP contribution in [0.15, 0.2) is 0 Å². The highest BCUT2D eigenvalue weighted by molar-refractivity contribution is 5.79. The minimum absolute atomic E-state index is 0.0365. The minimum Gasteiger partial charge on any atom is -0.480 e. The Hall–Kier alpha value is -1.61. The molecular formula is C12H21N3O3. The van der Waals surface area contributed by atoms with Gasteiger partial charge in [0, 0.05) is 19.6 Å². The van der Waals surface area contributed by atoms with Crippen LogP contribution in [0.25, 0.3) is 0 Å². The fourth-order valence-electron chi connectivity index (χ4n) is 1.44. The lowest BCUT2D eigenvalue weighted by Crippen LogP contribution is -2.44. The Kier molecular flexibility index (Phi) is 7.72. The molecule has 0 saturated carbocycles. The average Bonchev–Trinajstić information content (AvgIpc) is 2.33. The number of carboxylic acids is 1. The van der Waals surface area contributed by atoms with Crippen molar-refractivity contribution in [2.45, 2.75) is 32.7 Å². The van der Waals surface area contributed by atoms with Crippen LogP contribution in [-0.2, 0) is 9.59 Å². The zero-order valence-electron chi connectivity index (χ0n) is 11.2. The van der Waals surface area contributed by atoms with E-state index in [1.807, 2.05) is 19.9 Å². The second kappa shape index (κ2) is 8.48. The predicted molar refractivity (Wildman–Crippen MR) is 66.8 cm³/mol. The maximum absolute atomic E-state index is 11.8. The van der Waals surface area contributed by atoms with Crippen molar-refractivity contribution in [3.8, 4) is 6.07 Å². The van der Waals surface area contributed by atoms with Crippen LogP contribution in [0.5, 0.6) is 0 Å². The van der Waals surface area contributed by atoms with Crippen molar-refractivity contribution < 1.29 is 14.7 Å². The Balaban J connectivity index is 4.43. The highest BCUT2D eigenvalue weighted by Gasteiger charge is 2.20. The first-order chi connectivity index (χ1) is 8.42. The third-order valence-corrected chi connectivity index (χ3v) is 2.88. The first-order valence-electron chi connectivity index (χ1n) is 5.99. The van der Waals surface area contributed by atoms with Crippen molar-refractivity contribution in [2.24, 2.45) is 0 Å². The monoisotopic (exact) mass is 255 g/mol. The summed E-state index contributed by atoms with van der Waals surface area (Å²) in [6.45, 7) is 4.14. The molecule has 6 nitrogen and oxygen atoms in total. The molecule has 1 amide bonds. The number of nitriles is 1. The molecule has 102 valence electrons. The van der Waals surface area contributed by atoms with Gasteiger partial charge in [0.2, 0.25) is 5.91 Å². The third-order valence-electron chi connectivity index (χ3n) is 2.88. The number of carboxylic acid groups (broad SMARTS) is 1. The average molecular weight is 255 g/mol. The highest BCUT2D eigenvalue weighted by atomic mass is 16.4. The van der Waals surface area contributed by atoms with Crippen LogP contribution in [0.2, 0.25) is 0 Å². The van der Waals surface area contributed by atoms with Crippen LogP contribution >= 0.6 is 0 Å². The molecule has 1 N–H and O–H groups in total. The van der Waals surface area contributed by atoms with E-state index in [1.54, 1.807) is 11.9 Å². The van der Waals surface area contributed by atoms with Gasteiger partial charge in [-0.2, -0.15) is 5.26 Å². The van der Waals surface area contributed by atoms with E-state index in [2.05, 4.69) is 0 Å². The lowest BCUT2D eigenvalue weighted by Gasteiger charge is -2.28. The molecule has 0 aromatic carbocycles. The van der Waals surface area contributed by atoms with Crippen molar-refractivity contribution in [1.82, 2.24) is 9.80 Å². The van der Waals surface area contributed by atoms with E-state index >= 15 is 0 Å². The summed E-state index contributed by atoms with van der Waals surface area (Å²) in [5, 5.41) is 17.3. The van der Waals surface area contributed by atoms with E-state index in [0.29, 0.717) is 6.54 Å². The number of hydrogen-bond donors (Lipinski definition) is 1. The molecule has 0 saturated heterocycles. The summed E-state index contributed by atoms with van der Waals surface area (Å²) in [4.78, 5) is 25.7. The molecule has 0 aromatic heterocycles. The van der Waals surface area contributed by atoms with Gasteiger partial charge < -0.3 is 10.0 Å². The largest absolute Gasteiger partial charge is 0.480 e. The Bertz CT molecular complexity index is 325. The van der Waals surface area contributed by atoms with Crippen molar-refractivity contribution in [3.63, 3.8) is 0 Å². The Morgan fingerprint density at radius 2 is 2.00 bits per heavy atom. The van der Waals surface area contributed by atoms with Crippen molar-refractivity contribution in [1.29, 1.82) is 5.26 Å². The molecule has 0 spiro atoms. The summed E-state index contributed by atoms with van der Waals surface area (Å²) in [6.07, 6.45) is 1.06. The van der Waals surface area contributed by atoms with Gasteiger partial charge in [0.25, 0.3) is 0 Å². The highest BCUT2D eigenvalue weighted by Crippen LogP contribution is 2.04. The molecule has 0 heterocycles. The lowest BCUT2D eigenvalue weighted by molar-refractivity contribution is -0.140. The van der Waals surface area contributed by atoms with Crippen LogP contribution in [0.1, 0.15) is 26.7 Å². The zero-order valence-corrected chi connectivity index (χ0v) is 11.2. The first-order valence-corrected chi connectivity index (χ1v) is 5.99. The summed E-state index contributed by atoms with van der Waals surface area (Å²) in [7, 11) is 1.62. The van der Waals surface area contributed by atoms with Gasteiger partial charge in [-0.05, 0) is 13.3 Å². The molecule has 0 fully saturated rings. The van der Waals surface area contributed by atoms with E-state index in [-0.39, 0.29) is 31.5 Å². The van der Waals surface area contributed by atoms with E-state index in [4.69, 9.17) is 10.4 Å². The van der Waals surface area contributed by atoms with Crippen molar-refractivity contribution in [2.75, 3.05) is 26.7 Å². The molecule has 18 heavy (non-hydrogen) atoms. The van der Waals surface area contributed by atoms with Gasteiger partial charge in [0.1, 0.15) is 0 Å². The molecule has 0 aliphatic rings. The van der Waals surface area contributed by atoms with Crippen LogP contribution < -0.4 is 0 Å². The standard InChI is InChI=1S/C12H21N3O3/c1-4-10(2)15(9-12(17)18)8-11(16)14(3)7-5-6-13/h10H,4-5,7-9H2,1-3H3,(H,17,18). The number of aliphatic carboxylic acids is 1. The maximum Gasteiger partial charge on any atom is 0.317 e. The number of nitrogens with zero attached hydrogens (tertiary/aromatic N) is 3. The number of carbonyl (C=O) groups is 2. The SMILES string of the molecule is CCC(C)N(CC(=O)O)CC(=O)N(C)CCC#N. The summed E-state index contributed by atoms with van der Waals surface area (Å²) in [5.74, 6) is -1.10. The second-order valence-electron chi connectivity index (χ2n) is 4.28. The number of carbonyl (C=O) groups excluding carboxylic acids is 1. The molecule has 0 radical (unpaired) electrons. The smallest absolute Gasteiger partial charge is 0.317 e. The summed E-state index contributed by atoms with van der Waals surface area (Å²) in [5.41, 5.74) is 0. The zero-order chi connectivity index (χ0) is 14.1. The summed E-state index contributed by atoms with van der Waals surface area (Å²) >= 11 is 0. The van der Waals surface area contributed by atoms with Gasteiger partial charge >= 0.3 is 5.97 Å². The van der Waals surface area contributed by atoms with Gasteiger partial charge in [-0.25, -0.2) is 0 Å². The van der Waals surface area contributed by atoms with E-state index in [9.17, 15) is 9.59 Å². The van der Waals surface area contributed by atoms with Crippen LogP contribution in [0.4, 0.5) is 0 Å². The quantitative estimate of drug-likeness (QED) is 0.684. The second-order valence-corrected chi connectivity index (χ2v) is 4.28. The maximum atomic E-state index is 11.8. The Morgan fingerprint density at radius 3 is 2.44 bits per heavy atom. The van der Waals surface area contributed by atoms with Crippen molar-refractivity contribution >= 4 is 11.9 Å². The summed E-state index contributed by atoms with van der Waals surface area (Å²) in [6, 6.07) is 2.01. The van der Waals surface area contributed by atoms with Gasteiger partial charge in [0.15, 0.2) is 0 Å². The fraction of sp³-hybridized carbons (Fsp3) is 0.750. The van der Waals surface area contributed by atoms with Crippen LogP contribution in [0, 0.1) is 11.3 Å². The number of hydrogen-bond acceptors (Lipinski definition) is 4. The predicted octanol–water partition coefficient (Wildman–Crippen LogP) is 0.544. The first kappa shape index (κ1) is 16.4. The van der Waals surface area contributed by atoms with E-state index in [1.165, 1.54) is 4.90 Å². The number of likely N-dealkylation sites (N-methyl/N-ethyl adjacent to an activating group) is 1. The third kappa shape index (κ3) is 6.21. The molecule has 1 atom stereocenters. The van der Waals surface area contributed by atoms with E-state index < -0.39 is 5.97 Å². The van der Waals surface area contributed by atoms with Gasteiger partial charge in [-0.1, -0.05) is 6.92 Å². The van der Waals surface area contributed by atoms with Crippen LogP contribution in [0.3, 0.4) is 0 Å². The lowest BCUT2D eigenvalue weighted by atomic mass is 10.2. The molecule has 1 unspecified atom stereocenters. The molecule has 6 heteroatoms. The molecule has 0 bridgehead atoms. The molecule has 0 aromatic rings. The van der Waals surface area contributed by atoms with E-state index in [0.717, 1.165) is 6.42 Å². The minimum atomic E-state index is -0.942. The Morgan fingerprint density at radius 1 is 1.39 bits per heavy atom. The Labute approximate surface area is 108 Å². The molecule has 0 rings (SSSR count). The molecule has 0 aliphatic carbocycles. The van der Waals surface area contributed by atoms with Gasteiger partial charge in [-0.3, -0.25) is 14.5 Å². The normalized spacial score (nSPS) is 11.9. The number of amides is 1. The fourth-order valence-corrected chi connectivity index (χ4v) is 1.44. The van der Waals surface area contributed by atoms with Gasteiger partial charge in [-0.15, -0.1) is 0 Å². The molecule has 0 aliphatic heterocycles. The number of rotatable bonds is 8. The topological polar surface area (TPSA) is 84.6 Å². The molecular weight excluding hydrogens is 234 g/mol. The summed E-state index contributed by atoms with van der Waals surface area (Å²) < 4.78 is 0. The van der Waals surface area contributed by atoms with Crippen LogP contribution in [-0.4, -0.2) is 59.5 Å². The van der Waals surface area contributed by atoms with Crippen molar-refractivity contribution in [3.05, 3.63) is 0 Å². The van der Waals surface area contributed by atoms with Gasteiger partial charge in [0.05, 0.1) is 25.6 Å².